The molecule has 0 aromatic heterocycles. The lowest BCUT2D eigenvalue weighted by Gasteiger charge is -2.43. The number of nitrogens with two attached hydrogens (primary N) is 1. The van der Waals surface area contributed by atoms with Crippen molar-refractivity contribution in [1.29, 1.82) is 0 Å². The van der Waals surface area contributed by atoms with E-state index in [1.165, 1.54) is 0 Å². The van der Waals surface area contributed by atoms with Crippen LogP contribution in [0.4, 0.5) is 26.3 Å². The Morgan fingerprint density at radius 1 is 1.03 bits per heavy atom. The molecule has 2 N–H and O–H groups in total. The summed E-state index contributed by atoms with van der Waals surface area (Å²) in [7, 11) is 0. The summed E-state index contributed by atoms with van der Waals surface area (Å²) in [5.74, 6) is -7.18. The summed E-state index contributed by atoms with van der Waals surface area (Å²) in [4.78, 5) is 15.5. The smallest absolute Gasteiger partial charge is 0.249 e. The van der Waals surface area contributed by atoms with Gasteiger partial charge in [-0.15, -0.1) is 0 Å². The second kappa shape index (κ2) is 12.3. The van der Waals surface area contributed by atoms with E-state index in [4.69, 9.17) is 5.73 Å². The number of halogens is 6. The standard InChI is InChI=1S/C14H9F4NO.C13H24F2N2/c15-9-3-8(4-10(16)6-9)13-11(17)2-1-7(14(13)18)5-12(19)20;1-11(2)16-6-8-17(9-7-16)12-4-3-5-13(14,15)10-12/h1-4,6H,5H2,(H2,19,20);11-12H,3-10H2,1-2H3. The Morgan fingerprint density at radius 2 is 1.65 bits per heavy atom. The highest BCUT2D eigenvalue weighted by molar-refractivity contribution is 5.77. The number of carbonyl (C=O) groups is 1. The van der Waals surface area contributed by atoms with Gasteiger partial charge in [0.05, 0.1) is 12.0 Å². The van der Waals surface area contributed by atoms with Crippen LogP contribution in [-0.2, 0) is 11.2 Å². The van der Waals surface area contributed by atoms with Crippen LogP contribution in [0.3, 0.4) is 0 Å². The Kier molecular flexibility index (Phi) is 9.63. The quantitative estimate of drug-likeness (QED) is 0.519. The number of rotatable bonds is 5. The molecule has 37 heavy (non-hydrogen) atoms. The number of benzene rings is 2. The third-order valence-electron chi connectivity index (χ3n) is 6.90. The molecular formula is C27H33F6N3O. The van der Waals surface area contributed by atoms with E-state index >= 15 is 0 Å². The van der Waals surface area contributed by atoms with Crippen molar-refractivity contribution >= 4 is 5.91 Å². The van der Waals surface area contributed by atoms with Crippen molar-refractivity contribution < 1.29 is 31.1 Å². The van der Waals surface area contributed by atoms with Crippen molar-refractivity contribution in [3.63, 3.8) is 0 Å². The Hall–Kier alpha value is -2.59. The van der Waals surface area contributed by atoms with E-state index in [1.807, 2.05) is 0 Å². The van der Waals surface area contributed by atoms with Gasteiger partial charge in [0.1, 0.15) is 23.3 Å². The van der Waals surface area contributed by atoms with Gasteiger partial charge in [-0.3, -0.25) is 14.6 Å². The third-order valence-corrected chi connectivity index (χ3v) is 6.90. The fourth-order valence-electron chi connectivity index (χ4n) is 4.96. The lowest BCUT2D eigenvalue weighted by Crippen LogP contribution is -2.53. The van der Waals surface area contributed by atoms with Gasteiger partial charge in [-0.25, -0.2) is 26.3 Å². The van der Waals surface area contributed by atoms with Gasteiger partial charge >= 0.3 is 0 Å². The number of amides is 1. The van der Waals surface area contributed by atoms with Crippen LogP contribution in [0.2, 0.25) is 0 Å². The summed E-state index contributed by atoms with van der Waals surface area (Å²) in [6.45, 7) is 8.37. The van der Waals surface area contributed by atoms with Gasteiger partial charge in [0.25, 0.3) is 0 Å². The minimum Gasteiger partial charge on any atom is -0.369 e. The molecule has 1 heterocycles. The van der Waals surface area contributed by atoms with Crippen molar-refractivity contribution in [1.82, 2.24) is 9.80 Å². The van der Waals surface area contributed by atoms with Crippen LogP contribution in [0.5, 0.6) is 0 Å². The molecule has 1 saturated carbocycles. The van der Waals surface area contributed by atoms with Crippen molar-refractivity contribution in [3.05, 3.63) is 59.2 Å². The number of carbonyl (C=O) groups excluding carboxylic acids is 1. The van der Waals surface area contributed by atoms with Gasteiger partial charge in [-0.2, -0.15) is 0 Å². The highest BCUT2D eigenvalue weighted by Gasteiger charge is 2.39. The van der Waals surface area contributed by atoms with Crippen LogP contribution in [0, 0.1) is 23.3 Å². The number of primary amides is 1. The molecule has 1 amide bonds. The summed E-state index contributed by atoms with van der Waals surface area (Å²) in [5.41, 5.74) is 3.93. The highest BCUT2D eigenvalue weighted by Crippen LogP contribution is 2.35. The first-order valence-corrected chi connectivity index (χ1v) is 12.4. The number of alkyl halides is 2. The number of hydrogen-bond acceptors (Lipinski definition) is 3. The predicted molar refractivity (Wildman–Crippen MR) is 130 cm³/mol. The molecule has 0 radical (unpaired) electrons. The summed E-state index contributed by atoms with van der Waals surface area (Å²) in [6.07, 6.45) is 1.38. The zero-order valence-electron chi connectivity index (χ0n) is 21.1. The minimum atomic E-state index is -2.42. The van der Waals surface area contributed by atoms with Crippen LogP contribution in [0.25, 0.3) is 11.1 Å². The summed E-state index contributed by atoms with van der Waals surface area (Å²) < 4.78 is 80.9. The molecule has 1 saturated heterocycles. The monoisotopic (exact) mass is 529 g/mol. The van der Waals surface area contributed by atoms with Crippen LogP contribution in [0.1, 0.15) is 45.1 Å². The first kappa shape index (κ1) is 29.0. The molecular weight excluding hydrogens is 496 g/mol. The maximum absolute atomic E-state index is 14.2. The molecule has 0 spiro atoms. The zero-order chi connectivity index (χ0) is 27.3. The van der Waals surface area contributed by atoms with E-state index in [0.717, 1.165) is 56.9 Å². The largest absolute Gasteiger partial charge is 0.369 e. The van der Waals surface area contributed by atoms with E-state index in [2.05, 4.69) is 23.6 Å². The van der Waals surface area contributed by atoms with Gasteiger partial charge in [-0.05, 0) is 56.0 Å². The third kappa shape index (κ3) is 7.95. The molecule has 0 bridgehead atoms. The Bertz CT molecular complexity index is 1070. The zero-order valence-corrected chi connectivity index (χ0v) is 21.1. The molecule has 2 aromatic carbocycles. The highest BCUT2D eigenvalue weighted by atomic mass is 19.3. The van der Waals surface area contributed by atoms with Crippen LogP contribution < -0.4 is 5.73 Å². The number of hydrogen-bond donors (Lipinski definition) is 1. The average molecular weight is 530 g/mol. The van der Waals surface area contributed by atoms with Gasteiger partial charge in [0.2, 0.25) is 11.8 Å². The molecule has 4 nitrogen and oxygen atoms in total. The molecule has 204 valence electrons. The second-order valence-electron chi connectivity index (χ2n) is 9.97. The van der Waals surface area contributed by atoms with E-state index in [9.17, 15) is 31.1 Å². The summed E-state index contributed by atoms with van der Waals surface area (Å²) in [6, 6.07) is 4.87. The van der Waals surface area contributed by atoms with E-state index in [1.54, 1.807) is 0 Å². The molecule has 4 rings (SSSR count). The van der Waals surface area contributed by atoms with Gasteiger partial charge in [0, 0.05) is 57.2 Å². The molecule has 1 atom stereocenters. The summed E-state index contributed by atoms with van der Waals surface area (Å²) in [5, 5.41) is 0. The van der Waals surface area contributed by atoms with Gasteiger partial charge in [-0.1, -0.05) is 6.07 Å². The first-order chi connectivity index (χ1) is 17.4. The lowest BCUT2D eigenvalue weighted by molar-refractivity contribution is -0.117. The summed E-state index contributed by atoms with van der Waals surface area (Å²) >= 11 is 0. The molecule has 2 aliphatic rings. The molecule has 1 aliphatic heterocycles. The van der Waals surface area contributed by atoms with Crippen molar-refractivity contribution in [2.24, 2.45) is 5.73 Å². The van der Waals surface area contributed by atoms with Crippen LogP contribution in [0.15, 0.2) is 30.3 Å². The lowest BCUT2D eigenvalue weighted by atomic mass is 9.90. The van der Waals surface area contributed by atoms with E-state index < -0.39 is 47.1 Å². The maximum Gasteiger partial charge on any atom is 0.249 e. The molecule has 2 fully saturated rings. The number of piperazine rings is 1. The average Bonchev–Trinajstić information content (AvgIpc) is 2.80. The van der Waals surface area contributed by atoms with Crippen molar-refractivity contribution in [3.8, 4) is 11.1 Å². The van der Waals surface area contributed by atoms with Gasteiger partial charge < -0.3 is 5.73 Å². The fourth-order valence-corrected chi connectivity index (χ4v) is 4.96. The van der Waals surface area contributed by atoms with E-state index in [0.29, 0.717) is 18.5 Å². The normalized spacial score (nSPS) is 20.4. The first-order valence-electron chi connectivity index (χ1n) is 12.4. The molecule has 10 heteroatoms. The predicted octanol–water partition coefficient (Wildman–Crippen LogP) is 5.53. The molecule has 1 unspecified atom stereocenters. The van der Waals surface area contributed by atoms with Crippen LogP contribution in [-0.4, -0.2) is 59.9 Å². The van der Waals surface area contributed by atoms with Crippen molar-refractivity contribution in [2.45, 2.75) is 64.0 Å². The van der Waals surface area contributed by atoms with Crippen LogP contribution >= 0.6 is 0 Å². The Labute approximate surface area is 213 Å². The number of nitrogens with zero attached hydrogens (tertiary/aromatic N) is 2. The SMILES string of the molecule is CC(C)N1CCN(C2CCCC(F)(F)C2)CC1.NC(=O)Cc1ccc(F)c(-c2cc(F)cc(F)c2)c1F. The fraction of sp³-hybridized carbons (Fsp3) is 0.519. The molecule has 1 aliphatic carbocycles. The van der Waals surface area contributed by atoms with Gasteiger partial charge in [0.15, 0.2) is 0 Å². The Morgan fingerprint density at radius 3 is 2.19 bits per heavy atom. The topological polar surface area (TPSA) is 49.6 Å². The molecule has 2 aromatic rings. The minimum absolute atomic E-state index is 0.0781. The second-order valence-corrected chi connectivity index (χ2v) is 9.97. The maximum atomic E-state index is 14.2. The Balaban J connectivity index is 0.000000208. The van der Waals surface area contributed by atoms with E-state index in [-0.39, 0.29) is 30.0 Å². The van der Waals surface area contributed by atoms with Crippen molar-refractivity contribution in [2.75, 3.05) is 26.2 Å².